The maximum absolute atomic E-state index is 12.8. The number of nitrogens with one attached hydrogen (secondary N) is 1. The highest BCUT2D eigenvalue weighted by molar-refractivity contribution is 7.19. The molecule has 0 bridgehead atoms. The van der Waals surface area contributed by atoms with Gasteiger partial charge in [0.05, 0.1) is 5.39 Å². The van der Waals surface area contributed by atoms with Gasteiger partial charge in [-0.15, -0.1) is 11.3 Å². The van der Waals surface area contributed by atoms with Crippen LogP contribution in [0, 0.1) is 0 Å². The van der Waals surface area contributed by atoms with Crippen LogP contribution in [0.4, 0.5) is 5.95 Å². The molecule has 1 aliphatic rings. The average molecular weight is 404 g/mol. The molecule has 0 fully saturated rings. The Morgan fingerprint density at radius 1 is 1.07 bits per heavy atom. The highest BCUT2D eigenvalue weighted by atomic mass is 32.1. The number of nitrogens with two attached hydrogens (primary N) is 1. The Labute approximate surface area is 172 Å². The maximum Gasteiger partial charge on any atom is 0.283 e. The SMILES string of the molecule is NNc1nc(=O)c2c3c(sc2n1-c1ccccc1)CN(Cc1ccccc1)CC3. The van der Waals surface area contributed by atoms with Gasteiger partial charge < -0.3 is 0 Å². The molecule has 146 valence electrons. The van der Waals surface area contributed by atoms with E-state index in [1.807, 2.05) is 41.0 Å². The van der Waals surface area contributed by atoms with Crippen molar-refractivity contribution in [2.75, 3.05) is 12.0 Å². The van der Waals surface area contributed by atoms with E-state index in [9.17, 15) is 4.79 Å². The van der Waals surface area contributed by atoms with E-state index in [0.29, 0.717) is 5.95 Å². The van der Waals surface area contributed by atoms with Crippen molar-refractivity contribution in [1.82, 2.24) is 14.5 Å². The minimum atomic E-state index is -0.214. The summed E-state index contributed by atoms with van der Waals surface area (Å²) < 4.78 is 1.95. The van der Waals surface area contributed by atoms with Crippen molar-refractivity contribution in [3.8, 4) is 5.69 Å². The Morgan fingerprint density at radius 2 is 1.79 bits per heavy atom. The number of benzene rings is 2. The van der Waals surface area contributed by atoms with Crippen molar-refractivity contribution in [2.24, 2.45) is 5.84 Å². The molecule has 29 heavy (non-hydrogen) atoms. The van der Waals surface area contributed by atoms with E-state index in [2.05, 4.69) is 39.6 Å². The topological polar surface area (TPSA) is 76.2 Å². The van der Waals surface area contributed by atoms with Crippen molar-refractivity contribution in [3.05, 3.63) is 87.0 Å². The van der Waals surface area contributed by atoms with Crippen LogP contribution >= 0.6 is 11.3 Å². The summed E-state index contributed by atoms with van der Waals surface area (Å²) in [7, 11) is 0. The number of aromatic nitrogens is 2. The van der Waals surface area contributed by atoms with Gasteiger partial charge in [-0.2, -0.15) is 4.98 Å². The van der Waals surface area contributed by atoms with Gasteiger partial charge in [0.2, 0.25) is 5.95 Å². The number of anilines is 1. The lowest BCUT2D eigenvalue weighted by Crippen LogP contribution is -2.29. The fourth-order valence-corrected chi connectivity index (χ4v) is 5.41. The third-order valence-electron chi connectivity index (χ3n) is 5.35. The Hall–Kier alpha value is -3.00. The van der Waals surface area contributed by atoms with E-state index in [4.69, 9.17) is 5.84 Å². The van der Waals surface area contributed by atoms with Crippen molar-refractivity contribution in [1.29, 1.82) is 0 Å². The molecule has 6 nitrogen and oxygen atoms in total. The summed E-state index contributed by atoms with van der Waals surface area (Å²) >= 11 is 1.66. The molecule has 7 heteroatoms. The lowest BCUT2D eigenvalue weighted by atomic mass is 10.0. The van der Waals surface area contributed by atoms with Gasteiger partial charge >= 0.3 is 0 Å². The van der Waals surface area contributed by atoms with Gasteiger partial charge in [-0.1, -0.05) is 48.5 Å². The van der Waals surface area contributed by atoms with E-state index >= 15 is 0 Å². The van der Waals surface area contributed by atoms with E-state index in [1.165, 1.54) is 10.4 Å². The highest BCUT2D eigenvalue weighted by Gasteiger charge is 2.25. The minimum Gasteiger partial charge on any atom is -0.294 e. The number of hydrogen-bond donors (Lipinski definition) is 2. The van der Waals surface area contributed by atoms with Crippen LogP contribution in [-0.4, -0.2) is 21.0 Å². The molecule has 0 spiro atoms. The quantitative estimate of drug-likeness (QED) is 0.404. The second-order valence-electron chi connectivity index (χ2n) is 7.19. The largest absolute Gasteiger partial charge is 0.294 e. The Morgan fingerprint density at radius 3 is 2.52 bits per heavy atom. The minimum absolute atomic E-state index is 0.214. The van der Waals surface area contributed by atoms with Gasteiger partial charge in [0, 0.05) is 30.2 Å². The normalized spacial score (nSPS) is 14.1. The molecule has 0 aliphatic carbocycles. The third kappa shape index (κ3) is 3.23. The van der Waals surface area contributed by atoms with Crippen LogP contribution < -0.4 is 16.8 Å². The molecule has 5 rings (SSSR count). The molecule has 0 amide bonds. The van der Waals surface area contributed by atoms with Crippen LogP contribution in [0.15, 0.2) is 65.5 Å². The van der Waals surface area contributed by atoms with Gasteiger partial charge in [0.25, 0.3) is 5.56 Å². The van der Waals surface area contributed by atoms with Crippen LogP contribution in [0.5, 0.6) is 0 Å². The van der Waals surface area contributed by atoms with Crippen LogP contribution in [0.25, 0.3) is 15.9 Å². The molecular weight excluding hydrogens is 382 g/mol. The summed E-state index contributed by atoms with van der Waals surface area (Å²) in [6.07, 6.45) is 0.850. The van der Waals surface area contributed by atoms with E-state index in [-0.39, 0.29) is 5.56 Å². The second-order valence-corrected chi connectivity index (χ2v) is 8.27. The molecule has 2 aromatic heterocycles. The number of nitrogen functional groups attached to an aromatic ring is 1. The standard InChI is InChI=1S/C22H21N5OS/c23-25-22-24-20(28)19-17-11-12-26(13-15-7-3-1-4-8-15)14-18(17)29-21(19)27(22)16-9-5-2-6-10-16/h1-10H,11-14,23H2,(H,24,25,28). The van der Waals surface area contributed by atoms with Crippen LogP contribution in [0.3, 0.4) is 0 Å². The fraction of sp³-hybridized carbons (Fsp3) is 0.182. The zero-order valence-electron chi connectivity index (χ0n) is 15.8. The molecule has 1 aliphatic heterocycles. The zero-order valence-corrected chi connectivity index (χ0v) is 16.7. The number of thiophene rings is 1. The van der Waals surface area contributed by atoms with Crippen molar-refractivity contribution < 1.29 is 0 Å². The van der Waals surface area contributed by atoms with Gasteiger partial charge in [0.1, 0.15) is 4.83 Å². The molecule has 2 aromatic carbocycles. The van der Waals surface area contributed by atoms with E-state index in [0.717, 1.165) is 47.5 Å². The number of rotatable bonds is 4. The van der Waals surface area contributed by atoms with Gasteiger partial charge in [-0.25, -0.2) is 5.84 Å². The Balaban J connectivity index is 1.61. The molecular formula is C22H21N5OS. The monoisotopic (exact) mass is 403 g/mol. The molecule has 0 unspecified atom stereocenters. The number of fused-ring (bicyclic) bond motifs is 3. The molecule has 0 saturated heterocycles. The Kier molecular flexibility index (Phi) is 4.63. The summed E-state index contributed by atoms with van der Waals surface area (Å²) in [6.45, 7) is 2.67. The lowest BCUT2D eigenvalue weighted by Gasteiger charge is -2.26. The summed E-state index contributed by atoms with van der Waals surface area (Å²) in [5.74, 6) is 6.06. The fourth-order valence-electron chi connectivity index (χ4n) is 4.01. The van der Waals surface area contributed by atoms with Crippen LogP contribution in [0.1, 0.15) is 16.0 Å². The predicted molar refractivity (Wildman–Crippen MR) is 117 cm³/mol. The molecule has 3 heterocycles. The van der Waals surface area contributed by atoms with E-state index < -0.39 is 0 Å². The second kappa shape index (κ2) is 7.44. The van der Waals surface area contributed by atoms with Gasteiger partial charge in [0.15, 0.2) is 0 Å². The first kappa shape index (κ1) is 18.1. The summed E-state index contributed by atoms with van der Waals surface area (Å²) in [6, 6.07) is 20.4. The Bertz CT molecular complexity index is 1220. The predicted octanol–water partition coefficient (Wildman–Crippen LogP) is 3.29. The summed E-state index contributed by atoms with van der Waals surface area (Å²) in [5.41, 5.74) is 5.75. The van der Waals surface area contributed by atoms with Crippen LogP contribution in [0.2, 0.25) is 0 Å². The molecule has 0 saturated carbocycles. The molecule has 0 atom stereocenters. The number of nitrogens with zero attached hydrogens (tertiary/aromatic N) is 3. The number of hydrazine groups is 1. The van der Waals surface area contributed by atoms with Crippen molar-refractivity contribution >= 4 is 27.5 Å². The first-order chi connectivity index (χ1) is 14.2. The third-order valence-corrected chi connectivity index (χ3v) is 6.55. The highest BCUT2D eigenvalue weighted by Crippen LogP contribution is 2.36. The lowest BCUT2D eigenvalue weighted by molar-refractivity contribution is 0.249. The van der Waals surface area contributed by atoms with Crippen molar-refractivity contribution in [3.63, 3.8) is 0 Å². The van der Waals surface area contributed by atoms with E-state index in [1.54, 1.807) is 11.3 Å². The first-order valence-corrected chi connectivity index (χ1v) is 10.4. The van der Waals surface area contributed by atoms with Gasteiger partial charge in [-0.05, 0) is 29.7 Å². The molecule has 3 N–H and O–H groups in total. The van der Waals surface area contributed by atoms with Crippen molar-refractivity contribution in [2.45, 2.75) is 19.5 Å². The maximum atomic E-state index is 12.8. The summed E-state index contributed by atoms with van der Waals surface area (Å²) in [4.78, 5) is 21.6. The molecule has 0 radical (unpaired) electrons. The van der Waals surface area contributed by atoms with Gasteiger partial charge in [-0.3, -0.25) is 19.7 Å². The summed E-state index contributed by atoms with van der Waals surface area (Å²) in [5, 5.41) is 0.729. The number of hydrogen-bond acceptors (Lipinski definition) is 6. The smallest absolute Gasteiger partial charge is 0.283 e. The van der Waals surface area contributed by atoms with Crippen LogP contribution in [-0.2, 0) is 19.5 Å². The molecule has 4 aromatic rings. The zero-order chi connectivity index (χ0) is 19.8. The number of para-hydroxylation sites is 1. The average Bonchev–Trinajstić information content (AvgIpc) is 3.14. The first-order valence-electron chi connectivity index (χ1n) is 9.60.